The summed E-state index contributed by atoms with van der Waals surface area (Å²) < 4.78 is 37.5. The van der Waals surface area contributed by atoms with E-state index >= 15 is 0 Å². The molecule has 146 valence electrons. The van der Waals surface area contributed by atoms with Crippen molar-refractivity contribution in [2.75, 3.05) is 5.32 Å². The van der Waals surface area contributed by atoms with Crippen LogP contribution in [0.5, 0.6) is 0 Å². The molecular weight excluding hydrogens is 397 g/mol. The summed E-state index contributed by atoms with van der Waals surface area (Å²) in [6.07, 6.45) is 1.70. The minimum Gasteiger partial charge on any atom is -0.322 e. The Bertz CT molecular complexity index is 1320. The Morgan fingerprint density at radius 1 is 1.00 bits per heavy atom. The van der Waals surface area contributed by atoms with Crippen molar-refractivity contribution in [3.05, 3.63) is 78.2 Å². The highest BCUT2D eigenvalue weighted by Crippen LogP contribution is 2.21. The van der Waals surface area contributed by atoms with E-state index in [1.807, 2.05) is 0 Å². The number of hydrogen-bond acceptors (Lipinski definition) is 5. The van der Waals surface area contributed by atoms with E-state index in [0.717, 1.165) is 0 Å². The first-order valence-electron chi connectivity index (χ1n) is 8.37. The van der Waals surface area contributed by atoms with E-state index in [1.165, 1.54) is 36.4 Å². The summed E-state index contributed by atoms with van der Waals surface area (Å²) in [4.78, 5) is 12.7. The molecule has 0 saturated carbocycles. The first kappa shape index (κ1) is 18.7. The SMILES string of the molecule is NS(=O)(=O)c1ccc(NC(=O)c2cccn3c(-c4ccc(F)cc4)nnc23)cc1. The molecule has 0 saturated heterocycles. The summed E-state index contributed by atoms with van der Waals surface area (Å²) >= 11 is 0. The first-order valence-corrected chi connectivity index (χ1v) is 9.91. The standard InChI is InChI=1S/C19H14FN5O3S/c20-13-5-3-12(4-6-13)17-23-24-18-16(2-1-11-25(17)18)19(26)22-14-7-9-15(10-8-14)29(21,27)28/h1-11H,(H,22,26)(H2,21,27,28). The molecule has 0 aliphatic rings. The third kappa shape index (κ3) is 3.71. The Kier molecular flexibility index (Phi) is 4.57. The molecule has 0 unspecified atom stereocenters. The number of sulfonamides is 1. The number of pyridine rings is 1. The van der Waals surface area contributed by atoms with Crippen molar-refractivity contribution < 1.29 is 17.6 Å². The smallest absolute Gasteiger partial charge is 0.259 e. The molecule has 0 bridgehead atoms. The highest BCUT2D eigenvalue weighted by Gasteiger charge is 2.16. The Morgan fingerprint density at radius 2 is 1.69 bits per heavy atom. The van der Waals surface area contributed by atoms with Gasteiger partial charge in [0.1, 0.15) is 5.82 Å². The third-order valence-corrected chi connectivity index (χ3v) is 5.15. The monoisotopic (exact) mass is 411 g/mol. The summed E-state index contributed by atoms with van der Waals surface area (Å²) in [6.45, 7) is 0. The molecule has 2 aromatic heterocycles. The van der Waals surface area contributed by atoms with E-state index in [1.54, 1.807) is 34.9 Å². The number of nitrogens with two attached hydrogens (primary N) is 1. The minimum absolute atomic E-state index is 0.0565. The largest absolute Gasteiger partial charge is 0.322 e. The van der Waals surface area contributed by atoms with Crippen LogP contribution in [0.1, 0.15) is 10.4 Å². The highest BCUT2D eigenvalue weighted by molar-refractivity contribution is 7.89. The maximum Gasteiger partial charge on any atom is 0.259 e. The minimum atomic E-state index is -3.81. The van der Waals surface area contributed by atoms with Crippen molar-refractivity contribution in [1.29, 1.82) is 0 Å². The molecule has 8 nitrogen and oxygen atoms in total. The number of primary sulfonamides is 1. The van der Waals surface area contributed by atoms with Crippen molar-refractivity contribution in [2.45, 2.75) is 4.90 Å². The van der Waals surface area contributed by atoms with Crippen LogP contribution in [-0.2, 0) is 10.0 Å². The van der Waals surface area contributed by atoms with Gasteiger partial charge in [-0.2, -0.15) is 0 Å². The van der Waals surface area contributed by atoms with Crippen LogP contribution in [0.3, 0.4) is 0 Å². The number of halogens is 1. The Morgan fingerprint density at radius 3 is 2.34 bits per heavy atom. The molecule has 29 heavy (non-hydrogen) atoms. The van der Waals surface area contributed by atoms with Gasteiger partial charge in [0.25, 0.3) is 5.91 Å². The highest BCUT2D eigenvalue weighted by atomic mass is 32.2. The van der Waals surface area contributed by atoms with Crippen LogP contribution in [0.2, 0.25) is 0 Å². The van der Waals surface area contributed by atoms with E-state index in [4.69, 9.17) is 5.14 Å². The zero-order valence-electron chi connectivity index (χ0n) is 14.8. The van der Waals surface area contributed by atoms with Gasteiger partial charge in [0.15, 0.2) is 11.5 Å². The van der Waals surface area contributed by atoms with Gasteiger partial charge in [-0.25, -0.2) is 17.9 Å². The summed E-state index contributed by atoms with van der Waals surface area (Å²) in [5.41, 5.74) is 1.63. The molecule has 2 aromatic carbocycles. The molecule has 0 fully saturated rings. The number of anilines is 1. The maximum absolute atomic E-state index is 13.2. The lowest BCUT2D eigenvalue weighted by Gasteiger charge is -2.07. The fourth-order valence-corrected chi connectivity index (χ4v) is 3.33. The van der Waals surface area contributed by atoms with Crippen molar-refractivity contribution in [3.63, 3.8) is 0 Å². The molecule has 10 heteroatoms. The van der Waals surface area contributed by atoms with Gasteiger partial charge in [0, 0.05) is 17.4 Å². The lowest BCUT2D eigenvalue weighted by Crippen LogP contribution is -2.14. The quantitative estimate of drug-likeness (QED) is 0.535. The number of rotatable bonds is 4. The molecule has 3 N–H and O–H groups in total. The Hall–Kier alpha value is -3.63. The predicted octanol–water partition coefficient (Wildman–Crippen LogP) is 2.44. The van der Waals surface area contributed by atoms with Gasteiger partial charge in [0.2, 0.25) is 10.0 Å². The Labute approximate surface area is 164 Å². The number of fused-ring (bicyclic) bond motifs is 1. The number of carbonyl (C=O) groups excluding carboxylic acids is 1. The maximum atomic E-state index is 13.2. The average Bonchev–Trinajstić information content (AvgIpc) is 3.12. The normalized spacial score (nSPS) is 11.5. The fraction of sp³-hybridized carbons (Fsp3) is 0. The summed E-state index contributed by atoms with van der Waals surface area (Å²) in [5, 5.41) is 15.9. The first-order chi connectivity index (χ1) is 13.8. The number of nitrogens with one attached hydrogen (secondary N) is 1. The van der Waals surface area contributed by atoms with E-state index < -0.39 is 15.9 Å². The van der Waals surface area contributed by atoms with Crippen LogP contribution >= 0.6 is 0 Å². The molecule has 0 atom stereocenters. The van der Waals surface area contributed by atoms with E-state index in [-0.39, 0.29) is 16.3 Å². The van der Waals surface area contributed by atoms with Gasteiger partial charge in [0.05, 0.1) is 10.5 Å². The number of benzene rings is 2. The predicted molar refractivity (Wildman–Crippen MR) is 104 cm³/mol. The van der Waals surface area contributed by atoms with E-state index in [9.17, 15) is 17.6 Å². The lowest BCUT2D eigenvalue weighted by atomic mass is 10.2. The van der Waals surface area contributed by atoms with E-state index in [0.29, 0.717) is 22.7 Å². The Balaban J connectivity index is 1.65. The zero-order chi connectivity index (χ0) is 20.6. The lowest BCUT2D eigenvalue weighted by molar-refractivity contribution is 0.102. The number of hydrogen-bond donors (Lipinski definition) is 2. The van der Waals surface area contributed by atoms with Crippen molar-refractivity contribution in [1.82, 2.24) is 14.6 Å². The average molecular weight is 411 g/mol. The zero-order valence-corrected chi connectivity index (χ0v) is 15.6. The van der Waals surface area contributed by atoms with Crippen LogP contribution in [0.4, 0.5) is 10.1 Å². The summed E-state index contributed by atoms with van der Waals surface area (Å²) in [7, 11) is -3.81. The number of carbonyl (C=O) groups is 1. The van der Waals surface area contributed by atoms with Crippen molar-refractivity contribution in [2.24, 2.45) is 5.14 Å². The van der Waals surface area contributed by atoms with Gasteiger partial charge in [-0.3, -0.25) is 9.20 Å². The molecule has 0 aliphatic heterocycles. The second-order valence-corrected chi connectivity index (χ2v) is 7.73. The molecular formula is C19H14FN5O3S. The van der Waals surface area contributed by atoms with Crippen LogP contribution < -0.4 is 10.5 Å². The molecule has 0 aliphatic carbocycles. The number of nitrogens with zero attached hydrogens (tertiary/aromatic N) is 3. The van der Waals surface area contributed by atoms with Crippen molar-refractivity contribution >= 4 is 27.3 Å². The molecule has 4 aromatic rings. The second kappa shape index (κ2) is 7.08. The van der Waals surface area contributed by atoms with Crippen LogP contribution in [0.15, 0.2) is 71.8 Å². The summed E-state index contributed by atoms with van der Waals surface area (Å²) in [5.74, 6) is -0.347. The third-order valence-electron chi connectivity index (χ3n) is 4.22. The number of amides is 1. The van der Waals surface area contributed by atoms with Gasteiger partial charge in [-0.05, 0) is 60.7 Å². The van der Waals surface area contributed by atoms with Crippen LogP contribution in [0.25, 0.3) is 17.0 Å². The van der Waals surface area contributed by atoms with Gasteiger partial charge in [-0.1, -0.05) is 0 Å². The van der Waals surface area contributed by atoms with Crippen LogP contribution in [0, 0.1) is 5.82 Å². The topological polar surface area (TPSA) is 119 Å². The number of aromatic nitrogens is 3. The van der Waals surface area contributed by atoms with Crippen molar-refractivity contribution in [3.8, 4) is 11.4 Å². The summed E-state index contributed by atoms with van der Waals surface area (Å²) in [6, 6.07) is 14.5. The molecule has 1 amide bonds. The molecule has 0 spiro atoms. The molecule has 0 radical (unpaired) electrons. The molecule has 2 heterocycles. The molecule has 4 rings (SSSR count). The van der Waals surface area contributed by atoms with E-state index in [2.05, 4.69) is 15.5 Å². The van der Waals surface area contributed by atoms with Crippen LogP contribution in [-0.4, -0.2) is 28.9 Å². The van der Waals surface area contributed by atoms with Gasteiger partial charge in [-0.15, -0.1) is 10.2 Å². The second-order valence-electron chi connectivity index (χ2n) is 6.17. The fourth-order valence-electron chi connectivity index (χ4n) is 2.82. The van der Waals surface area contributed by atoms with Gasteiger partial charge < -0.3 is 5.32 Å². The van der Waals surface area contributed by atoms with Gasteiger partial charge >= 0.3 is 0 Å².